The first kappa shape index (κ1) is 13.8. The fourth-order valence-electron chi connectivity index (χ4n) is 1.95. The van der Waals surface area contributed by atoms with Gasteiger partial charge in [0.05, 0.1) is 5.60 Å². The van der Waals surface area contributed by atoms with E-state index in [4.69, 9.17) is 10.6 Å². The van der Waals surface area contributed by atoms with Crippen LogP contribution in [0.3, 0.4) is 0 Å². The molecule has 1 aliphatic heterocycles. The van der Waals surface area contributed by atoms with Crippen molar-refractivity contribution in [2.24, 2.45) is 5.84 Å². The minimum absolute atomic E-state index is 0.152. The Morgan fingerprint density at radius 3 is 2.63 bits per heavy atom. The molecule has 19 heavy (non-hydrogen) atoms. The highest BCUT2D eigenvalue weighted by Gasteiger charge is 2.29. The van der Waals surface area contributed by atoms with Gasteiger partial charge in [-0.25, -0.2) is 5.84 Å². The molecule has 1 unspecified atom stereocenters. The lowest BCUT2D eigenvalue weighted by molar-refractivity contribution is 0.0314. The van der Waals surface area contributed by atoms with Crippen LogP contribution in [0.15, 0.2) is 0 Å². The molecule has 1 aromatic heterocycles. The van der Waals surface area contributed by atoms with Gasteiger partial charge in [-0.15, -0.1) is 0 Å². The van der Waals surface area contributed by atoms with E-state index in [1.807, 2.05) is 14.1 Å². The van der Waals surface area contributed by atoms with E-state index < -0.39 is 0 Å². The number of anilines is 3. The Hall–Kier alpha value is -1.67. The minimum atomic E-state index is -0.152. The van der Waals surface area contributed by atoms with Crippen molar-refractivity contribution in [3.05, 3.63) is 0 Å². The fraction of sp³-hybridized carbons (Fsp3) is 0.727. The van der Waals surface area contributed by atoms with E-state index in [-0.39, 0.29) is 5.60 Å². The number of hydrazine groups is 1. The zero-order valence-electron chi connectivity index (χ0n) is 11.6. The Bertz CT molecular complexity index is 431. The van der Waals surface area contributed by atoms with Gasteiger partial charge in [0, 0.05) is 27.2 Å². The molecule has 0 bridgehead atoms. The maximum absolute atomic E-state index is 5.71. The van der Waals surface area contributed by atoms with Crippen LogP contribution in [0.25, 0.3) is 0 Å². The van der Waals surface area contributed by atoms with Crippen molar-refractivity contribution in [2.75, 3.05) is 42.9 Å². The number of rotatable bonds is 5. The zero-order chi connectivity index (χ0) is 13.9. The van der Waals surface area contributed by atoms with Gasteiger partial charge in [-0.3, -0.25) is 5.43 Å². The van der Waals surface area contributed by atoms with Gasteiger partial charge in [0.2, 0.25) is 17.8 Å². The molecule has 0 spiro atoms. The van der Waals surface area contributed by atoms with Crippen molar-refractivity contribution in [1.82, 2.24) is 15.0 Å². The number of nitrogen functional groups attached to an aromatic ring is 1. The summed E-state index contributed by atoms with van der Waals surface area (Å²) in [7, 11) is 3.72. The number of nitrogens with one attached hydrogen (secondary N) is 2. The second kappa shape index (κ2) is 5.54. The van der Waals surface area contributed by atoms with Gasteiger partial charge < -0.3 is 15.0 Å². The van der Waals surface area contributed by atoms with Crippen molar-refractivity contribution >= 4 is 17.8 Å². The van der Waals surface area contributed by atoms with Crippen LogP contribution in [0, 0.1) is 0 Å². The summed E-state index contributed by atoms with van der Waals surface area (Å²) in [6.07, 6.45) is 2.13. The van der Waals surface area contributed by atoms with E-state index in [2.05, 4.69) is 32.6 Å². The summed E-state index contributed by atoms with van der Waals surface area (Å²) in [5.74, 6) is 6.72. The molecule has 2 heterocycles. The van der Waals surface area contributed by atoms with Crippen molar-refractivity contribution in [1.29, 1.82) is 0 Å². The molecule has 106 valence electrons. The Morgan fingerprint density at radius 2 is 2.05 bits per heavy atom. The average molecular weight is 267 g/mol. The predicted molar refractivity (Wildman–Crippen MR) is 74.0 cm³/mol. The highest BCUT2D eigenvalue weighted by molar-refractivity contribution is 5.42. The van der Waals surface area contributed by atoms with Gasteiger partial charge in [-0.2, -0.15) is 15.0 Å². The summed E-state index contributed by atoms with van der Waals surface area (Å²) in [6.45, 7) is 3.56. The van der Waals surface area contributed by atoms with Gasteiger partial charge >= 0.3 is 0 Å². The first-order valence-electron chi connectivity index (χ1n) is 6.30. The van der Waals surface area contributed by atoms with Crippen LogP contribution >= 0.6 is 0 Å². The third-order valence-electron chi connectivity index (χ3n) is 3.07. The molecule has 1 aromatic rings. The van der Waals surface area contributed by atoms with Gasteiger partial charge in [0.25, 0.3) is 0 Å². The van der Waals surface area contributed by atoms with E-state index in [0.717, 1.165) is 19.4 Å². The Balaban J connectivity index is 2.08. The van der Waals surface area contributed by atoms with Gasteiger partial charge in [-0.1, -0.05) is 0 Å². The van der Waals surface area contributed by atoms with Gasteiger partial charge in [0.15, 0.2) is 0 Å². The average Bonchev–Trinajstić information content (AvgIpc) is 2.83. The minimum Gasteiger partial charge on any atom is -0.373 e. The van der Waals surface area contributed by atoms with Crippen molar-refractivity contribution in [2.45, 2.75) is 25.4 Å². The molecule has 0 radical (unpaired) electrons. The topological polar surface area (TPSA) is 101 Å². The van der Waals surface area contributed by atoms with Crippen molar-refractivity contribution < 1.29 is 4.74 Å². The largest absolute Gasteiger partial charge is 0.373 e. The molecule has 0 aliphatic carbocycles. The highest BCUT2D eigenvalue weighted by atomic mass is 16.5. The third-order valence-corrected chi connectivity index (χ3v) is 3.07. The molecule has 0 amide bonds. The van der Waals surface area contributed by atoms with E-state index >= 15 is 0 Å². The zero-order valence-corrected chi connectivity index (χ0v) is 11.6. The lowest BCUT2D eigenvalue weighted by atomic mass is 10.0. The Morgan fingerprint density at radius 1 is 1.32 bits per heavy atom. The lowest BCUT2D eigenvalue weighted by Gasteiger charge is -2.23. The maximum Gasteiger partial charge on any atom is 0.243 e. The molecule has 1 fully saturated rings. The lowest BCUT2D eigenvalue weighted by Crippen LogP contribution is -2.33. The van der Waals surface area contributed by atoms with Crippen molar-refractivity contribution in [3.63, 3.8) is 0 Å². The molecular weight excluding hydrogens is 246 g/mol. The SMILES string of the molecule is CN(C)c1nc(NN)nc(NCC2(C)CCCO2)n1. The summed E-state index contributed by atoms with van der Waals surface area (Å²) in [5.41, 5.74) is 2.29. The summed E-state index contributed by atoms with van der Waals surface area (Å²) in [4.78, 5) is 14.4. The van der Waals surface area contributed by atoms with Crippen LogP contribution < -0.4 is 21.5 Å². The summed E-state index contributed by atoms with van der Waals surface area (Å²) >= 11 is 0. The van der Waals surface area contributed by atoms with E-state index in [1.165, 1.54) is 0 Å². The van der Waals surface area contributed by atoms with E-state index in [9.17, 15) is 0 Å². The second-order valence-corrected chi connectivity index (χ2v) is 5.08. The molecule has 0 saturated carbocycles. The number of nitrogens with zero attached hydrogens (tertiary/aromatic N) is 4. The highest BCUT2D eigenvalue weighted by Crippen LogP contribution is 2.25. The summed E-state index contributed by atoms with van der Waals surface area (Å²) < 4.78 is 5.71. The van der Waals surface area contributed by atoms with Crippen LogP contribution in [-0.2, 0) is 4.74 Å². The molecule has 8 heteroatoms. The molecule has 1 atom stereocenters. The molecule has 4 N–H and O–H groups in total. The standard InChI is InChI=1S/C11H21N7O/c1-11(5-4-6-19-11)7-13-8-14-9(17-12)16-10(15-8)18(2)3/h4-7,12H2,1-3H3,(H2,13,14,15,16,17). The fourth-order valence-corrected chi connectivity index (χ4v) is 1.95. The number of hydrogen-bond acceptors (Lipinski definition) is 8. The smallest absolute Gasteiger partial charge is 0.243 e. The van der Waals surface area contributed by atoms with Gasteiger partial charge in [-0.05, 0) is 19.8 Å². The van der Waals surface area contributed by atoms with Gasteiger partial charge in [0.1, 0.15) is 0 Å². The van der Waals surface area contributed by atoms with Crippen LogP contribution in [0.1, 0.15) is 19.8 Å². The molecular formula is C11H21N7O. The predicted octanol–water partition coefficient (Wildman–Crippen LogP) is 0.204. The molecule has 1 saturated heterocycles. The Labute approximate surface area is 112 Å². The van der Waals surface area contributed by atoms with Crippen molar-refractivity contribution in [3.8, 4) is 0 Å². The summed E-state index contributed by atoms with van der Waals surface area (Å²) in [5, 5.41) is 3.19. The van der Waals surface area contributed by atoms with Crippen LogP contribution in [0.5, 0.6) is 0 Å². The number of aromatic nitrogens is 3. The third kappa shape index (κ3) is 3.42. The molecule has 0 aromatic carbocycles. The summed E-state index contributed by atoms with van der Waals surface area (Å²) in [6, 6.07) is 0. The van der Waals surface area contributed by atoms with E-state index in [1.54, 1.807) is 4.90 Å². The van der Waals surface area contributed by atoms with Crippen LogP contribution in [0.2, 0.25) is 0 Å². The number of hydrogen-bond donors (Lipinski definition) is 3. The monoisotopic (exact) mass is 267 g/mol. The van der Waals surface area contributed by atoms with Crippen LogP contribution in [0.4, 0.5) is 17.8 Å². The number of nitrogens with two attached hydrogens (primary N) is 1. The maximum atomic E-state index is 5.71. The normalized spacial score (nSPS) is 22.3. The first-order chi connectivity index (χ1) is 9.02. The molecule has 8 nitrogen and oxygen atoms in total. The second-order valence-electron chi connectivity index (χ2n) is 5.08. The molecule has 2 rings (SSSR count). The molecule has 1 aliphatic rings. The van der Waals surface area contributed by atoms with Crippen LogP contribution in [-0.4, -0.2) is 47.8 Å². The quantitative estimate of drug-likeness (QED) is 0.514. The van der Waals surface area contributed by atoms with E-state index in [0.29, 0.717) is 24.4 Å². The number of ether oxygens (including phenoxy) is 1. The Kier molecular flexibility index (Phi) is 4.01. The first-order valence-corrected chi connectivity index (χ1v) is 6.30.